The molecule has 0 saturated carbocycles. The predicted molar refractivity (Wildman–Crippen MR) is 291 cm³/mol. The molecule has 4 aliphatic rings. The van der Waals surface area contributed by atoms with E-state index in [0.717, 1.165) is 58.4 Å². The van der Waals surface area contributed by atoms with Crippen LogP contribution in [-0.2, 0) is 13.1 Å². The van der Waals surface area contributed by atoms with Crippen LogP contribution < -0.4 is 0 Å². The average Bonchev–Trinajstić information content (AvgIpc) is 4.25. The SMILES string of the molecule is O.c1ccc(Cn2ccn3c4c(-c5ccccc5)c(-c5ccccc5)nc-4c4ccccc4c23)cc1.c1ccc(Cn2ccn3c4c(-c5ccccc5)c(-c5ccccc5)nc-4c4ccccc4c23)cc1. The van der Waals surface area contributed by atoms with E-state index in [9.17, 15) is 0 Å². The number of fused-ring (bicyclic) bond motifs is 12. The predicted octanol–water partition coefficient (Wildman–Crippen LogP) is 14.7. The van der Waals surface area contributed by atoms with Crippen LogP contribution in [0.4, 0.5) is 0 Å². The molecule has 340 valence electrons. The molecule has 10 aromatic rings. The topological polar surface area (TPSA) is 76.0 Å². The van der Waals surface area contributed by atoms with E-state index in [1.165, 1.54) is 66.2 Å². The summed E-state index contributed by atoms with van der Waals surface area (Å²) in [4.78, 5) is 10.6. The molecule has 0 unspecified atom stereocenters. The summed E-state index contributed by atoms with van der Waals surface area (Å²) in [5.74, 6) is 0. The highest BCUT2D eigenvalue weighted by molar-refractivity contribution is 6.10. The minimum Gasteiger partial charge on any atom is -0.412 e. The van der Waals surface area contributed by atoms with Crippen molar-refractivity contribution in [3.05, 3.63) is 266 Å². The van der Waals surface area contributed by atoms with Crippen molar-refractivity contribution < 1.29 is 5.48 Å². The fourth-order valence-electron chi connectivity index (χ4n) is 10.5. The Balaban J connectivity index is 0.000000144. The fraction of sp³-hybridized carbons (Fsp3) is 0.0312. The smallest absolute Gasteiger partial charge is 0.125 e. The summed E-state index contributed by atoms with van der Waals surface area (Å²) in [6, 6.07) is 80.9. The van der Waals surface area contributed by atoms with Crippen LogP contribution in [0.1, 0.15) is 11.1 Å². The highest BCUT2D eigenvalue weighted by Gasteiger charge is 2.29. The van der Waals surface area contributed by atoms with Crippen molar-refractivity contribution in [3.8, 4) is 67.5 Å². The summed E-state index contributed by atoms with van der Waals surface area (Å²) in [5, 5.41) is 4.76. The largest absolute Gasteiger partial charge is 0.412 e. The second kappa shape index (κ2) is 18.3. The molecule has 0 atom stereocenters. The van der Waals surface area contributed by atoms with Gasteiger partial charge in [-0.25, -0.2) is 9.97 Å². The van der Waals surface area contributed by atoms with E-state index in [4.69, 9.17) is 9.97 Å². The van der Waals surface area contributed by atoms with Crippen LogP contribution in [0.5, 0.6) is 0 Å². The van der Waals surface area contributed by atoms with E-state index in [1.54, 1.807) is 0 Å². The van der Waals surface area contributed by atoms with Crippen molar-refractivity contribution in [2.24, 2.45) is 0 Å². The van der Waals surface area contributed by atoms with Gasteiger partial charge in [-0.3, -0.25) is 8.80 Å². The standard InChI is InChI=1S/2C32H23N3.H2O/c2*1-4-12-23(13-5-1)22-34-20-21-35-31-28(24-14-6-2-7-15-24)29(25-16-8-3-9-17-25)33-30(31)26-18-10-11-19-27(26)32(34)35;/h2*1-21H,22H2;1H2. The lowest BCUT2D eigenvalue weighted by molar-refractivity contribution is 0.824. The van der Waals surface area contributed by atoms with Crippen molar-refractivity contribution >= 4 is 32.8 Å². The number of aromatic nitrogens is 6. The van der Waals surface area contributed by atoms with Crippen LogP contribution in [0.25, 0.3) is 100 Å². The minimum absolute atomic E-state index is 0. The maximum atomic E-state index is 5.30. The molecular formula is C64H48N6O. The Bertz CT molecular complexity index is 3760. The molecule has 4 aliphatic heterocycles. The first-order chi connectivity index (χ1) is 34.8. The quantitative estimate of drug-likeness (QED) is 0.152. The molecule has 0 saturated heterocycles. The first-order valence-corrected chi connectivity index (χ1v) is 23.9. The van der Waals surface area contributed by atoms with Crippen LogP contribution in [0.2, 0.25) is 0 Å². The number of benzene rings is 8. The van der Waals surface area contributed by atoms with E-state index in [0.29, 0.717) is 0 Å². The maximum absolute atomic E-state index is 5.30. The third kappa shape index (κ3) is 7.53. The molecule has 8 aromatic carbocycles. The third-order valence-corrected chi connectivity index (χ3v) is 13.6. The van der Waals surface area contributed by atoms with E-state index in [-0.39, 0.29) is 5.48 Å². The Morgan fingerprint density at radius 2 is 0.577 bits per heavy atom. The van der Waals surface area contributed by atoms with Gasteiger partial charge in [-0.15, -0.1) is 0 Å². The van der Waals surface area contributed by atoms with Crippen molar-refractivity contribution in [1.82, 2.24) is 27.9 Å². The van der Waals surface area contributed by atoms with Crippen LogP contribution in [0, 0.1) is 0 Å². The summed E-state index contributed by atoms with van der Waals surface area (Å²) >= 11 is 0. The van der Waals surface area contributed by atoms with Gasteiger partial charge in [0.25, 0.3) is 0 Å². The molecule has 14 rings (SSSR count). The van der Waals surface area contributed by atoms with Crippen LogP contribution in [0.15, 0.2) is 255 Å². The molecule has 0 aliphatic carbocycles. The third-order valence-electron chi connectivity index (χ3n) is 13.6. The monoisotopic (exact) mass is 916 g/mol. The lowest BCUT2D eigenvalue weighted by Crippen LogP contribution is -2.02. The van der Waals surface area contributed by atoms with Gasteiger partial charge in [0.05, 0.1) is 34.2 Å². The number of imidazole rings is 2. The van der Waals surface area contributed by atoms with Gasteiger partial charge in [0.15, 0.2) is 0 Å². The minimum atomic E-state index is 0. The Kier molecular flexibility index (Phi) is 11.1. The molecular weight excluding hydrogens is 869 g/mol. The van der Waals surface area contributed by atoms with E-state index < -0.39 is 0 Å². The van der Waals surface area contributed by atoms with E-state index in [2.05, 4.69) is 273 Å². The van der Waals surface area contributed by atoms with Crippen molar-refractivity contribution in [2.45, 2.75) is 13.1 Å². The summed E-state index contributed by atoms with van der Waals surface area (Å²) in [5.41, 5.74) is 18.3. The zero-order chi connectivity index (χ0) is 46.4. The summed E-state index contributed by atoms with van der Waals surface area (Å²) in [6.07, 6.45) is 8.77. The van der Waals surface area contributed by atoms with Gasteiger partial charge in [0.1, 0.15) is 11.3 Å². The summed E-state index contributed by atoms with van der Waals surface area (Å²) in [7, 11) is 0. The highest BCUT2D eigenvalue weighted by atomic mass is 16.0. The number of pyridine rings is 2. The number of rotatable bonds is 8. The van der Waals surface area contributed by atoms with Gasteiger partial charge in [0, 0.05) is 81.7 Å². The number of hydrogen-bond acceptors (Lipinski definition) is 2. The van der Waals surface area contributed by atoms with Gasteiger partial charge in [-0.1, -0.05) is 231 Å². The summed E-state index contributed by atoms with van der Waals surface area (Å²) < 4.78 is 9.37. The second-order valence-corrected chi connectivity index (χ2v) is 17.8. The maximum Gasteiger partial charge on any atom is 0.125 e. The van der Waals surface area contributed by atoms with Crippen molar-refractivity contribution in [3.63, 3.8) is 0 Å². The lowest BCUT2D eigenvalue weighted by atomic mass is 9.97. The molecule has 7 heteroatoms. The molecule has 7 nitrogen and oxygen atoms in total. The van der Waals surface area contributed by atoms with Crippen LogP contribution in [0.3, 0.4) is 0 Å². The Labute approximate surface area is 411 Å². The Morgan fingerprint density at radius 1 is 0.282 bits per heavy atom. The molecule has 0 radical (unpaired) electrons. The Hall–Kier alpha value is -9.30. The normalized spacial score (nSPS) is 11.4. The molecule has 0 amide bonds. The molecule has 0 fully saturated rings. The Morgan fingerprint density at radius 3 is 0.930 bits per heavy atom. The average molecular weight is 917 g/mol. The first kappa shape index (κ1) is 43.0. The van der Waals surface area contributed by atoms with E-state index >= 15 is 0 Å². The molecule has 6 heterocycles. The second-order valence-electron chi connectivity index (χ2n) is 17.8. The number of nitrogens with zero attached hydrogens (tertiary/aromatic N) is 6. The van der Waals surface area contributed by atoms with Gasteiger partial charge in [-0.2, -0.15) is 0 Å². The van der Waals surface area contributed by atoms with Gasteiger partial charge >= 0.3 is 0 Å². The van der Waals surface area contributed by atoms with Crippen molar-refractivity contribution in [1.29, 1.82) is 0 Å². The van der Waals surface area contributed by atoms with Gasteiger partial charge in [0.2, 0.25) is 0 Å². The highest BCUT2D eigenvalue weighted by Crippen LogP contribution is 2.47. The molecule has 2 N–H and O–H groups in total. The van der Waals surface area contributed by atoms with Gasteiger partial charge < -0.3 is 14.6 Å². The van der Waals surface area contributed by atoms with Crippen molar-refractivity contribution in [2.75, 3.05) is 0 Å². The molecule has 71 heavy (non-hydrogen) atoms. The molecule has 0 spiro atoms. The van der Waals surface area contributed by atoms with Gasteiger partial charge in [-0.05, 0) is 22.3 Å². The van der Waals surface area contributed by atoms with E-state index in [1.807, 2.05) is 0 Å². The lowest BCUT2D eigenvalue weighted by Gasteiger charge is -2.14. The number of hydrogen-bond donors (Lipinski definition) is 0. The first-order valence-electron chi connectivity index (χ1n) is 23.9. The molecule has 0 bridgehead atoms. The fourth-order valence-corrected chi connectivity index (χ4v) is 10.5. The van der Waals surface area contributed by atoms with Crippen LogP contribution >= 0.6 is 0 Å². The zero-order valence-electron chi connectivity index (χ0n) is 38.8. The molecule has 2 aromatic heterocycles. The zero-order valence-corrected chi connectivity index (χ0v) is 38.8. The summed E-state index contributed by atoms with van der Waals surface area (Å²) in [6.45, 7) is 1.63. The van der Waals surface area contributed by atoms with Crippen LogP contribution in [-0.4, -0.2) is 33.4 Å².